The van der Waals surface area contributed by atoms with E-state index in [9.17, 15) is 0 Å². The lowest BCUT2D eigenvalue weighted by molar-refractivity contribution is 0.669. The SMILES string of the molecule is C/C=C\C=C1/CC2(c3ccccc31)c1ccccc1-c1c2ccc2c3cc(-c4ccc5oc6cccc(C(C)=Nc7ccccc7C)c6c5c4)ccc3n(-c3ccccc3)c12. The number of nitrogens with zero attached hydrogens (tertiary/aromatic N) is 2. The topological polar surface area (TPSA) is 30.4 Å². The molecule has 0 radical (unpaired) electrons. The van der Waals surface area contributed by atoms with Gasteiger partial charge < -0.3 is 8.98 Å². The van der Waals surface area contributed by atoms with Gasteiger partial charge in [-0.25, -0.2) is 0 Å². The minimum Gasteiger partial charge on any atom is -0.456 e. The monoisotopic (exact) mass is 782 g/mol. The van der Waals surface area contributed by atoms with Crippen LogP contribution in [0.3, 0.4) is 0 Å². The van der Waals surface area contributed by atoms with Gasteiger partial charge in [-0.05, 0) is 126 Å². The van der Waals surface area contributed by atoms with Crippen molar-refractivity contribution in [3.63, 3.8) is 0 Å². The maximum absolute atomic E-state index is 6.48. The predicted octanol–water partition coefficient (Wildman–Crippen LogP) is 15.5. The third-order valence-corrected chi connectivity index (χ3v) is 13.4. The van der Waals surface area contributed by atoms with Crippen molar-refractivity contribution in [1.29, 1.82) is 0 Å². The number of allylic oxidation sites excluding steroid dienone is 4. The van der Waals surface area contributed by atoms with Crippen LogP contribution in [0.1, 0.15) is 53.6 Å². The predicted molar refractivity (Wildman–Crippen MR) is 256 cm³/mol. The number of aromatic nitrogens is 1. The molecule has 2 aromatic heterocycles. The lowest BCUT2D eigenvalue weighted by atomic mass is 9.73. The molecule has 61 heavy (non-hydrogen) atoms. The van der Waals surface area contributed by atoms with E-state index < -0.39 is 0 Å². The minimum absolute atomic E-state index is 0.280. The third kappa shape index (κ3) is 5.14. The molecule has 2 aliphatic rings. The Labute approximate surface area is 355 Å². The number of furan rings is 1. The highest BCUT2D eigenvalue weighted by molar-refractivity contribution is 6.20. The van der Waals surface area contributed by atoms with Crippen molar-refractivity contribution < 1.29 is 4.42 Å². The summed E-state index contributed by atoms with van der Waals surface area (Å²) in [4.78, 5) is 5.09. The fourth-order valence-electron chi connectivity index (χ4n) is 10.7. The van der Waals surface area contributed by atoms with Gasteiger partial charge in [0.25, 0.3) is 0 Å². The molecule has 3 heteroatoms. The summed E-state index contributed by atoms with van der Waals surface area (Å²) in [5, 5.41) is 4.67. The second-order valence-corrected chi connectivity index (χ2v) is 16.7. The highest BCUT2D eigenvalue weighted by Crippen LogP contribution is 2.62. The van der Waals surface area contributed by atoms with Gasteiger partial charge in [0.15, 0.2) is 0 Å². The van der Waals surface area contributed by atoms with E-state index in [0.29, 0.717) is 0 Å². The first-order valence-electron chi connectivity index (χ1n) is 21.3. The summed E-state index contributed by atoms with van der Waals surface area (Å²) < 4.78 is 8.99. The quantitative estimate of drug-likeness (QED) is 0.160. The van der Waals surface area contributed by atoms with E-state index in [1.807, 2.05) is 6.07 Å². The molecule has 0 fully saturated rings. The Balaban J connectivity index is 1.09. The number of para-hydroxylation sites is 2. The average molecular weight is 783 g/mol. The van der Waals surface area contributed by atoms with Crippen LogP contribution >= 0.6 is 0 Å². The summed E-state index contributed by atoms with van der Waals surface area (Å²) in [6.07, 6.45) is 7.56. The molecule has 8 aromatic carbocycles. The number of hydrogen-bond donors (Lipinski definition) is 0. The molecule has 290 valence electrons. The lowest BCUT2D eigenvalue weighted by Crippen LogP contribution is -2.23. The van der Waals surface area contributed by atoms with Gasteiger partial charge in [0.2, 0.25) is 0 Å². The summed E-state index contributed by atoms with van der Waals surface area (Å²) in [6, 6.07) is 62.2. The van der Waals surface area contributed by atoms with Crippen LogP contribution in [0.2, 0.25) is 0 Å². The molecule has 1 atom stereocenters. The number of fused-ring (bicyclic) bond motifs is 14. The molecule has 0 amide bonds. The Hall–Kier alpha value is -7.49. The van der Waals surface area contributed by atoms with E-state index >= 15 is 0 Å². The molecule has 1 spiro atoms. The van der Waals surface area contributed by atoms with Crippen molar-refractivity contribution >= 4 is 60.7 Å². The van der Waals surface area contributed by atoms with Crippen LogP contribution in [-0.2, 0) is 5.41 Å². The van der Waals surface area contributed by atoms with Crippen LogP contribution in [0.4, 0.5) is 5.69 Å². The highest BCUT2D eigenvalue weighted by atomic mass is 16.3. The molecule has 0 aliphatic heterocycles. The van der Waals surface area contributed by atoms with Crippen LogP contribution in [0.25, 0.3) is 77.3 Å². The first kappa shape index (κ1) is 35.5. The second kappa shape index (κ2) is 13.5. The second-order valence-electron chi connectivity index (χ2n) is 16.7. The maximum atomic E-state index is 6.48. The Morgan fingerprint density at radius 1 is 0.639 bits per heavy atom. The van der Waals surface area contributed by atoms with Crippen LogP contribution in [0.15, 0.2) is 197 Å². The third-order valence-electron chi connectivity index (χ3n) is 13.4. The number of rotatable bonds is 5. The molecule has 0 bridgehead atoms. The molecule has 1 unspecified atom stereocenters. The van der Waals surface area contributed by atoms with E-state index in [1.54, 1.807) is 0 Å². The molecule has 10 aromatic rings. The van der Waals surface area contributed by atoms with Crippen molar-refractivity contribution in [2.45, 2.75) is 32.6 Å². The number of aliphatic imine (C=N–C) groups is 1. The summed E-state index contributed by atoms with van der Waals surface area (Å²) in [7, 11) is 0. The summed E-state index contributed by atoms with van der Waals surface area (Å²) >= 11 is 0. The van der Waals surface area contributed by atoms with Crippen molar-refractivity contribution in [3.05, 3.63) is 221 Å². The smallest absolute Gasteiger partial charge is 0.136 e. The normalized spacial score (nSPS) is 16.5. The van der Waals surface area contributed by atoms with Gasteiger partial charge in [0, 0.05) is 44.1 Å². The fourth-order valence-corrected chi connectivity index (χ4v) is 10.7. The largest absolute Gasteiger partial charge is 0.456 e. The molecule has 2 heterocycles. The van der Waals surface area contributed by atoms with Gasteiger partial charge in [-0.2, -0.15) is 0 Å². The van der Waals surface area contributed by atoms with Crippen molar-refractivity contribution in [2.24, 2.45) is 4.99 Å². The maximum Gasteiger partial charge on any atom is 0.136 e. The molecular formula is C58H42N2O. The zero-order chi connectivity index (χ0) is 40.8. The van der Waals surface area contributed by atoms with Crippen LogP contribution in [0.5, 0.6) is 0 Å². The summed E-state index contributed by atoms with van der Waals surface area (Å²) in [5.74, 6) is 0. The first-order valence-corrected chi connectivity index (χ1v) is 21.3. The molecule has 0 saturated carbocycles. The van der Waals surface area contributed by atoms with Gasteiger partial charge in [0.1, 0.15) is 11.2 Å². The zero-order valence-electron chi connectivity index (χ0n) is 34.4. The molecule has 12 rings (SSSR count). The van der Waals surface area contributed by atoms with Gasteiger partial charge in [-0.3, -0.25) is 4.99 Å². The van der Waals surface area contributed by atoms with Gasteiger partial charge in [0.05, 0.1) is 22.1 Å². The van der Waals surface area contributed by atoms with Crippen LogP contribution in [-0.4, -0.2) is 10.3 Å². The van der Waals surface area contributed by atoms with Crippen molar-refractivity contribution in [2.75, 3.05) is 0 Å². The van der Waals surface area contributed by atoms with E-state index in [1.165, 1.54) is 66.3 Å². The Morgan fingerprint density at radius 2 is 1.36 bits per heavy atom. The van der Waals surface area contributed by atoms with E-state index in [4.69, 9.17) is 9.41 Å². The van der Waals surface area contributed by atoms with E-state index in [0.717, 1.165) is 62.1 Å². The first-order chi connectivity index (χ1) is 30.0. The number of benzene rings is 8. The van der Waals surface area contributed by atoms with Gasteiger partial charge in [-0.15, -0.1) is 0 Å². The molecular weight excluding hydrogens is 741 g/mol. The Bertz CT molecular complexity index is 3540. The highest BCUT2D eigenvalue weighted by Gasteiger charge is 2.50. The minimum atomic E-state index is -0.280. The summed E-state index contributed by atoms with van der Waals surface area (Å²) in [6.45, 7) is 6.30. The van der Waals surface area contributed by atoms with Gasteiger partial charge in [-0.1, -0.05) is 140 Å². The molecule has 0 saturated heterocycles. The fraction of sp³-hybridized carbons (Fsp3) is 0.0862. The number of aryl methyl sites for hydroxylation is 1. The number of hydrogen-bond acceptors (Lipinski definition) is 2. The van der Waals surface area contributed by atoms with Crippen LogP contribution < -0.4 is 0 Å². The van der Waals surface area contributed by atoms with E-state index in [2.05, 4.69) is 207 Å². The zero-order valence-corrected chi connectivity index (χ0v) is 34.4. The Morgan fingerprint density at radius 3 is 2.18 bits per heavy atom. The molecule has 0 N–H and O–H groups in total. The van der Waals surface area contributed by atoms with Crippen LogP contribution in [0, 0.1) is 6.92 Å². The Kier molecular flexibility index (Phi) is 7.86. The average Bonchev–Trinajstić information content (AvgIpc) is 4.03. The summed E-state index contributed by atoms with van der Waals surface area (Å²) in [5.41, 5.74) is 21.1. The lowest BCUT2D eigenvalue weighted by Gasteiger charge is -2.28. The van der Waals surface area contributed by atoms with Crippen molar-refractivity contribution in [1.82, 2.24) is 4.57 Å². The standard InChI is InChI=1S/C58H42N2O/c1-4-5-17-40-35-58(48-23-12-10-20-43(40)48)49-24-13-11-21-45(49)56-50(58)30-29-44-46-33-38(27-31-52(46)60(57(44)56)41-18-7-6-8-19-41)39-28-32-53-47(34-39)55-42(22-15-26-54(55)61-53)37(3)59-51-25-14-9-16-36(51)2/h4-34H,35H2,1-3H3/b5-4-,40-17+,59-37?. The molecule has 2 aliphatic carbocycles. The van der Waals surface area contributed by atoms with E-state index in [-0.39, 0.29) is 5.41 Å². The molecule has 3 nitrogen and oxygen atoms in total. The van der Waals surface area contributed by atoms with Gasteiger partial charge >= 0.3 is 0 Å². The van der Waals surface area contributed by atoms with Crippen molar-refractivity contribution in [3.8, 4) is 27.9 Å².